The van der Waals surface area contributed by atoms with Crippen molar-refractivity contribution in [1.82, 2.24) is 4.31 Å². The van der Waals surface area contributed by atoms with Gasteiger partial charge in [0.15, 0.2) is 0 Å². The van der Waals surface area contributed by atoms with Crippen LogP contribution in [0.2, 0.25) is 0 Å². The Balaban J connectivity index is 1.72. The average Bonchev–Trinajstić information content (AvgIpc) is 2.92. The van der Waals surface area contributed by atoms with Crippen molar-refractivity contribution in [3.05, 3.63) is 58.6 Å². The average molecular weight is 437 g/mol. The summed E-state index contributed by atoms with van der Waals surface area (Å²) in [4.78, 5) is 12.5. The number of benzene rings is 2. The molecule has 1 fully saturated rings. The smallest absolute Gasteiger partial charge is 0.255 e. The van der Waals surface area contributed by atoms with E-state index in [0.29, 0.717) is 24.3 Å². The molecule has 26 heavy (non-hydrogen) atoms. The standard InChI is InChI=1S/C19H21BrN2O3S/c20-16-7-5-6-15(14-16)19(23)21-17-8-10-18(11-9-17)26(24,25)22-12-3-1-2-4-13-22/h5-11,14H,1-4,12-13H2,(H,21,23). The minimum absolute atomic E-state index is 0.241. The summed E-state index contributed by atoms with van der Waals surface area (Å²) in [6, 6.07) is 13.4. The highest BCUT2D eigenvalue weighted by molar-refractivity contribution is 9.10. The van der Waals surface area contributed by atoms with E-state index in [-0.39, 0.29) is 10.8 Å². The van der Waals surface area contributed by atoms with Gasteiger partial charge in [-0.1, -0.05) is 34.8 Å². The van der Waals surface area contributed by atoms with E-state index in [9.17, 15) is 13.2 Å². The first-order chi connectivity index (χ1) is 12.5. The van der Waals surface area contributed by atoms with Crippen LogP contribution in [0, 0.1) is 0 Å². The molecule has 5 nitrogen and oxygen atoms in total. The second-order valence-electron chi connectivity index (χ2n) is 6.31. The highest BCUT2D eigenvalue weighted by Gasteiger charge is 2.24. The molecule has 0 bridgehead atoms. The minimum atomic E-state index is -3.47. The molecule has 138 valence electrons. The molecular formula is C19H21BrN2O3S. The largest absolute Gasteiger partial charge is 0.322 e. The maximum Gasteiger partial charge on any atom is 0.255 e. The van der Waals surface area contributed by atoms with E-state index < -0.39 is 10.0 Å². The Morgan fingerprint density at radius 1 is 0.962 bits per heavy atom. The van der Waals surface area contributed by atoms with Crippen LogP contribution in [-0.4, -0.2) is 31.7 Å². The Morgan fingerprint density at radius 2 is 1.62 bits per heavy atom. The van der Waals surface area contributed by atoms with E-state index >= 15 is 0 Å². The zero-order valence-corrected chi connectivity index (χ0v) is 16.7. The fraction of sp³-hybridized carbons (Fsp3) is 0.316. The van der Waals surface area contributed by atoms with Crippen molar-refractivity contribution < 1.29 is 13.2 Å². The number of carbonyl (C=O) groups excluding carboxylic acids is 1. The maximum atomic E-state index is 12.8. The van der Waals surface area contributed by atoms with Crippen molar-refractivity contribution in [2.75, 3.05) is 18.4 Å². The number of nitrogens with one attached hydrogen (secondary N) is 1. The van der Waals surface area contributed by atoms with Crippen LogP contribution in [-0.2, 0) is 10.0 Å². The summed E-state index contributed by atoms with van der Waals surface area (Å²) in [6.07, 6.45) is 3.96. The first kappa shape index (κ1) is 19.1. The third-order valence-electron chi connectivity index (χ3n) is 4.40. The third-order valence-corrected chi connectivity index (χ3v) is 6.81. The molecule has 3 rings (SSSR count). The zero-order valence-electron chi connectivity index (χ0n) is 14.3. The van der Waals surface area contributed by atoms with Crippen molar-refractivity contribution in [3.63, 3.8) is 0 Å². The Morgan fingerprint density at radius 3 is 2.23 bits per heavy atom. The summed E-state index contributed by atoms with van der Waals surface area (Å²) >= 11 is 3.34. The predicted molar refractivity (Wildman–Crippen MR) is 106 cm³/mol. The molecular weight excluding hydrogens is 416 g/mol. The molecule has 0 aliphatic carbocycles. The molecule has 2 aromatic rings. The van der Waals surface area contributed by atoms with E-state index in [1.54, 1.807) is 46.8 Å². The van der Waals surface area contributed by atoms with E-state index in [1.807, 2.05) is 6.07 Å². The van der Waals surface area contributed by atoms with Crippen LogP contribution < -0.4 is 5.32 Å². The molecule has 0 unspecified atom stereocenters. The van der Waals surface area contributed by atoms with Gasteiger partial charge in [-0.15, -0.1) is 0 Å². The molecule has 0 radical (unpaired) electrons. The van der Waals surface area contributed by atoms with Crippen LogP contribution >= 0.6 is 15.9 Å². The lowest BCUT2D eigenvalue weighted by Gasteiger charge is -2.20. The lowest BCUT2D eigenvalue weighted by molar-refractivity contribution is 0.102. The van der Waals surface area contributed by atoms with Gasteiger partial charge in [0.2, 0.25) is 10.0 Å². The van der Waals surface area contributed by atoms with Gasteiger partial charge in [-0.25, -0.2) is 8.42 Å². The minimum Gasteiger partial charge on any atom is -0.322 e. The maximum absolute atomic E-state index is 12.8. The molecule has 1 saturated heterocycles. The van der Waals surface area contributed by atoms with Gasteiger partial charge in [0.05, 0.1) is 4.90 Å². The lowest BCUT2D eigenvalue weighted by Crippen LogP contribution is -2.31. The van der Waals surface area contributed by atoms with Crippen molar-refractivity contribution in [2.24, 2.45) is 0 Å². The van der Waals surface area contributed by atoms with Gasteiger partial charge in [-0.2, -0.15) is 4.31 Å². The summed E-state index contributed by atoms with van der Waals surface area (Å²) in [7, 11) is -3.47. The van der Waals surface area contributed by atoms with Crippen molar-refractivity contribution >= 4 is 37.5 Å². The van der Waals surface area contributed by atoms with Crippen molar-refractivity contribution in [2.45, 2.75) is 30.6 Å². The molecule has 0 saturated carbocycles. The zero-order chi connectivity index (χ0) is 18.6. The van der Waals surface area contributed by atoms with Crippen LogP contribution in [0.4, 0.5) is 5.69 Å². The third kappa shape index (κ3) is 4.52. The highest BCUT2D eigenvalue weighted by atomic mass is 79.9. The molecule has 1 amide bonds. The monoisotopic (exact) mass is 436 g/mol. The summed E-state index contributed by atoms with van der Waals surface area (Å²) in [5.74, 6) is -0.241. The second kappa shape index (κ2) is 8.33. The van der Waals surface area contributed by atoms with Crippen molar-refractivity contribution in [3.8, 4) is 0 Å². The Kier molecular flexibility index (Phi) is 6.11. The van der Waals surface area contributed by atoms with Crippen LogP contribution in [0.5, 0.6) is 0 Å². The number of hydrogen-bond donors (Lipinski definition) is 1. The Bertz CT molecular complexity index is 874. The molecule has 0 spiro atoms. The number of hydrogen-bond acceptors (Lipinski definition) is 3. The number of nitrogens with zero attached hydrogens (tertiary/aromatic N) is 1. The first-order valence-corrected chi connectivity index (χ1v) is 10.9. The van der Waals surface area contributed by atoms with Gasteiger partial charge in [0.25, 0.3) is 5.91 Å². The predicted octanol–water partition coefficient (Wildman–Crippen LogP) is 4.27. The fourth-order valence-corrected chi connectivity index (χ4v) is 4.89. The molecule has 1 heterocycles. The van der Waals surface area contributed by atoms with Gasteiger partial charge in [-0.05, 0) is 55.3 Å². The lowest BCUT2D eigenvalue weighted by atomic mass is 10.2. The SMILES string of the molecule is O=C(Nc1ccc(S(=O)(=O)N2CCCCCC2)cc1)c1cccc(Br)c1. The number of sulfonamides is 1. The number of rotatable bonds is 4. The fourth-order valence-electron chi connectivity index (χ4n) is 2.97. The Labute approximate surface area is 162 Å². The van der Waals surface area contributed by atoms with Gasteiger partial charge >= 0.3 is 0 Å². The molecule has 0 atom stereocenters. The molecule has 1 aliphatic heterocycles. The Hall–Kier alpha value is -1.70. The van der Waals surface area contributed by atoms with Gasteiger partial charge in [0, 0.05) is 28.8 Å². The molecule has 1 N–H and O–H groups in total. The summed E-state index contributed by atoms with van der Waals surface area (Å²) in [5, 5.41) is 2.79. The van der Waals surface area contributed by atoms with E-state index in [0.717, 1.165) is 30.2 Å². The second-order valence-corrected chi connectivity index (χ2v) is 9.16. The number of amides is 1. The van der Waals surface area contributed by atoms with E-state index in [2.05, 4.69) is 21.2 Å². The van der Waals surface area contributed by atoms with Crippen LogP contribution in [0.15, 0.2) is 57.9 Å². The summed E-state index contributed by atoms with van der Waals surface area (Å²) < 4.78 is 27.9. The molecule has 7 heteroatoms. The van der Waals surface area contributed by atoms with Crippen LogP contribution in [0.25, 0.3) is 0 Å². The first-order valence-electron chi connectivity index (χ1n) is 8.64. The normalized spacial score (nSPS) is 16.0. The number of halogens is 1. The number of anilines is 1. The quantitative estimate of drug-likeness (QED) is 0.777. The van der Waals surface area contributed by atoms with Gasteiger partial charge in [0.1, 0.15) is 0 Å². The van der Waals surface area contributed by atoms with E-state index in [1.165, 1.54) is 0 Å². The molecule has 1 aliphatic rings. The topological polar surface area (TPSA) is 66.5 Å². The van der Waals surface area contributed by atoms with Gasteiger partial charge < -0.3 is 5.32 Å². The van der Waals surface area contributed by atoms with E-state index in [4.69, 9.17) is 0 Å². The van der Waals surface area contributed by atoms with Gasteiger partial charge in [-0.3, -0.25) is 4.79 Å². The van der Waals surface area contributed by atoms with Crippen LogP contribution in [0.3, 0.4) is 0 Å². The van der Waals surface area contributed by atoms with Crippen molar-refractivity contribution in [1.29, 1.82) is 0 Å². The number of carbonyl (C=O) groups is 1. The summed E-state index contributed by atoms with van der Waals surface area (Å²) in [6.45, 7) is 1.15. The van der Waals surface area contributed by atoms with Crippen LogP contribution in [0.1, 0.15) is 36.0 Å². The summed E-state index contributed by atoms with van der Waals surface area (Å²) in [5.41, 5.74) is 1.09. The molecule has 0 aromatic heterocycles. The molecule has 2 aromatic carbocycles. The highest BCUT2D eigenvalue weighted by Crippen LogP contribution is 2.22.